The molecule has 0 N–H and O–H groups in total. The smallest absolute Gasteiger partial charge is 0.308 e. The molecule has 0 aliphatic heterocycles. The number of hydrogen-bond acceptors (Lipinski definition) is 2. The predicted molar refractivity (Wildman–Crippen MR) is 66.9 cm³/mol. The van der Waals surface area contributed by atoms with Crippen molar-refractivity contribution in [2.75, 3.05) is 0 Å². The van der Waals surface area contributed by atoms with Crippen molar-refractivity contribution < 1.29 is 9.53 Å². The van der Waals surface area contributed by atoms with E-state index in [1.807, 2.05) is 23.7 Å². The number of ether oxygens (including phenoxy) is 1. The van der Waals surface area contributed by atoms with Gasteiger partial charge in [0.2, 0.25) is 0 Å². The summed E-state index contributed by atoms with van der Waals surface area (Å²) in [6.45, 7) is 1.37. The van der Waals surface area contributed by atoms with E-state index in [0.29, 0.717) is 10.8 Å². The fourth-order valence-corrected chi connectivity index (χ4v) is 2.19. The molecule has 1 aromatic heterocycles. The van der Waals surface area contributed by atoms with E-state index < -0.39 is 0 Å². The lowest BCUT2D eigenvalue weighted by Crippen LogP contribution is -2.00. The van der Waals surface area contributed by atoms with Crippen molar-refractivity contribution in [3.05, 3.63) is 27.8 Å². The number of aromatic nitrogens is 1. The quantitative estimate of drug-likeness (QED) is 0.755. The summed E-state index contributed by atoms with van der Waals surface area (Å²) in [5.41, 5.74) is 0.921. The molecule has 5 heteroatoms. The number of carbonyl (C=O) groups excluding carboxylic acids is 1. The fourth-order valence-electron chi connectivity index (χ4n) is 1.61. The zero-order valence-corrected chi connectivity index (χ0v) is 11.1. The van der Waals surface area contributed by atoms with Crippen LogP contribution in [0.2, 0.25) is 5.02 Å². The van der Waals surface area contributed by atoms with Gasteiger partial charge in [0.05, 0.1) is 15.9 Å². The summed E-state index contributed by atoms with van der Waals surface area (Å²) in [4.78, 5) is 11.0. The molecule has 16 heavy (non-hydrogen) atoms. The molecule has 0 radical (unpaired) electrons. The monoisotopic (exact) mass is 301 g/mol. The van der Waals surface area contributed by atoms with E-state index in [4.69, 9.17) is 16.3 Å². The summed E-state index contributed by atoms with van der Waals surface area (Å²) >= 11 is 9.52. The van der Waals surface area contributed by atoms with Crippen LogP contribution in [0.5, 0.6) is 5.75 Å². The summed E-state index contributed by atoms with van der Waals surface area (Å²) < 4.78 is 7.77. The minimum atomic E-state index is -0.358. The summed E-state index contributed by atoms with van der Waals surface area (Å²) in [6.07, 6.45) is 1.74. The van der Waals surface area contributed by atoms with Crippen LogP contribution in [0.25, 0.3) is 10.9 Å². The minimum Gasteiger partial charge on any atom is -0.424 e. The first kappa shape index (κ1) is 11.5. The maximum Gasteiger partial charge on any atom is 0.308 e. The molecule has 0 bridgehead atoms. The van der Waals surface area contributed by atoms with Crippen LogP contribution < -0.4 is 4.74 Å². The van der Waals surface area contributed by atoms with Gasteiger partial charge in [-0.3, -0.25) is 4.79 Å². The lowest BCUT2D eigenvalue weighted by Gasteiger charge is -2.02. The van der Waals surface area contributed by atoms with Crippen LogP contribution in [-0.4, -0.2) is 10.5 Å². The van der Waals surface area contributed by atoms with Gasteiger partial charge in [-0.1, -0.05) is 11.6 Å². The molecule has 2 aromatic rings. The van der Waals surface area contributed by atoms with Crippen molar-refractivity contribution in [1.82, 2.24) is 4.57 Å². The molecule has 0 atom stereocenters. The van der Waals surface area contributed by atoms with Gasteiger partial charge in [0, 0.05) is 24.6 Å². The third-order valence-electron chi connectivity index (χ3n) is 2.26. The molecule has 0 aliphatic rings. The first-order valence-electron chi connectivity index (χ1n) is 4.62. The highest BCUT2D eigenvalue weighted by atomic mass is 79.9. The fraction of sp³-hybridized carbons (Fsp3) is 0.182. The SMILES string of the molecule is CC(=O)Oc1cn(C)c2ccc(Br)c(Cl)c12. The molecular weight excluding hydrogens is 293 g/mol. The van der Waals surface area contributed by atoms with Crippen LogP contribution in [0, 0.1) is 0 Å². The number of rotatable bonds is 1. The molecule has 1 aromatic carbocycles. The van der Waals surface area contributed by atoms with Crippen LogP contribution in [0.3, 0.4) is 0 Å². The number of benzene rings is 1. The van der Waals surface area contributed by atoms with Gasteiger partial charge in [0.15, 0.2) is 5.75 Å². The van der Waals surface area contributed by atoms with Gasteiger partial charge in [-0.25, -0.2) is 0 Å². The molecule has 0 amide bonds. The first-order chi connectivity index (χ1) is 7.50. The topological polar surface area (TPSA) is 31.2 Å². The van der Waals surface area contributed by atoms with Crippen molar-refractivity contribution in [3.8, 4) is 5.75 Å². The molecule has 0 saturated carbocycles. The Bertz CT molecular complexity index is 577. The Kier molecular flexibility index (Phi) is 2.95. The van der Waals surface area contributed by atoms with E-state index in [-0.39, 0.29) is 5.97 Å². The highest BCUT2D eigenvalue weighted by Crippen LogP contribution is 2.38. The largest absolute Gasteiger partial charge is 0.424 e. The Labute approximate surface area is 106 Å². The van der Waals surface area contributed by atoms with Crippen LogP contribution in [-0.2, 0) is 11.8 Å². The molecule has 3 nitrogen and oxygen atoms in total. The van der Waals surface area contributed by atoms with Crippen molar-refractivity contribution in [2.45, 2.75) is 6.92 Å². The van der Waals surface area contributed by atoms with E-state index in [1.54, 1.807) is 6.20 Å². The Morgan fingerprint density at radius 2 is 2.19 bits per heavy atom. The number of aryl methyl sites for hydroxylation is 1. The summed E-state index contributed by atoms with van der Waals surface area (Å²) in [6, 6.07) is 3.78. The second kappa shape index (κ2) is 4.11. The van der Waals surface area contributed by atoms with Crippen LogP contribution in [0.1, 0.15) is 6.92 Å². The molecule has 0 saturated heterocycles. The van der Waals surface area contributed by atoms with Crippen molar-refractivity contribution in [3.63, 3.8) is 0 Å². The second-order valence-electron chi connectivity index (χ2n) is 3.45. The van der Waals surface area contributed by atoms with E-state index in [0.717, 1.165) is 15.4 Å². The molecule has 84 valence electrons. The standard InChI is InChI=1S/C11H9BrClNO2/c1-6(15)16-9-5-14(2)8-4-3-7(12)11(13)10(8)9/h3-5H,1-2H3. The number of esters is 1. The van der Waals surface area contributed by atoms with Crippen molar-refractivity contribution in [1.29, 1.82) is 0 Å². The number of fused-ring (bicyclic) bond motifs is 1. The second-order valence-corrected chi connectivity index (χ2v) is 4.69. The molecule has 1 heterocycles. The van der Waals surface area contributed by atoms with Crippen LogP contribution >= 0.6 is 27.5 Å². The molecule has 0 unspecified atom stereocenters. The third kappa shape index (κ3) is 1.83. The lowest BCUT2D eigenvalue weighted by atomic mass is 10.2. The first-order valence-corrected chi connectivity index (χ1v) is 5.79. The average Bonchev–Trinajstić information content (AvgIpc) is 2.49. The molecule has 0 aliphatic carbocycles. The highest BCUT2D eigenvalue weighted by Gasteiger charge is 2.14. The van der Waals surface area contributed by atoms with Gasteiger partial charge in [0.25, 0.3) is 0 Å². The average molecular weight is 303 g/mol. The van der Waals surface area contributed by atoms with Crippen LogP contribution in [0.4, 0.5) is 0 Å². The zero-order chi connectivity index (χ0) is 11.9. The van der Waals surface area contributed by atoms with E-state index in [9.17, 15) is 4.79 Å². The van der Waals surface area contributed by atoms with Crippen LogP contribution in [0.15, 0.2) is 22.8 Å². The van der Waals surface area contributed by atoms with Gasteiger partial charge < -0.3 is 9.30 Å². The van der Waals surface area contributed by atoms with E-state index in [1.165, 1.54) is 6.92 Å². The minimum absolute atomic E-state index is 0.358. The Morgan fingerprint density at radius 3 is 2.81 bits per heavy atom. The summed E-state index contributed by atoms with van der Waals surface area (Å²) in [5.74, 6) is 0.125. The molecule has 0 fully saturated rings. The lowest BCUT2D eigenvalue weighted by molar-refractivity contribution is -0.131. The van der Waals surface area contributed by atoms with Gasteiger partial charge >= 0.3 is 5.97 Å². The Balaban J connectivity index is 2.75. The summed E-state index contributed by atoms with van der Waals surface area (Å²) in [5, 5.41) is 1.29. The molecular formula is C11H9BrClNO2. The van der Waals surface area contributed by atoms with Gasteiger partial charge in [-0.05, 0) is 28.1 Å². The van der Waals surface area contributed by atoms with Crippen molar-refractivity contribution >= 4 is 44.4 Å². The maximum absolute atomic E-state index is 11.0. The van der Waals surface area contributed by atoms with Crippen molar-refractivity contribution in [2.24, 2.45) is 7.05 Å². The highest BCUT2D eigenvalue weighted by molar-refractivity contribution is 9.10. The van der Waals surface area contributed by atoms with E-state index in [2.05, 4.69) is 15.9 Å². The number of hydrogen-bond donors (Lipinski definition) is 0. The maximum atomic E-state index is 11.0. The Hall–Kier alpha value is -1.000. The molecule has 0 spiro atoms. The normalized spacial score (nSPS) is 10.8. The van der Waals surface area contributed by atoms with Gasteiger partial charge in [-0.2, -0.15) is 0 Å². The van der Waals surface area contributed by atoms with E-state index >= 15 is 0 Å². The Morgan fingerprint density at radius 1 is 1.50 bits per heavy atom. The van der Waals surface area contributed by atoms with Gasteiger partial charge in [-0.15, -0.1) is 0 Å². The number of nitrogens with zero attached hydrogens (tertiary/aromatic N) is 1. The third-order valence-corrected chi connectivity index (χ3v) is 3.55. The molecule has 2 rings (SSSR count). The summed E-state index contributed by atoms with van der Waals surface area (Å²) in [7, 11) is 1.87. The zero-order valence-electron chi connectivity index (χ0n) is 8.75. The van der Waals surface area contributed by atoms with Gasteiger partial charge in [0.1, 0.15) is 0 Å². The number of halogens is 2. The number of carbonyl (C=O) groups is 1. The predicted octanol–water partition coefficient (Wildman–Crippen LogP) is 3.52.